The van der Waals surface area contributed by atoms with E-state index in [1.807, 2.05) is 38.1 Å². The van der Waals surface area contributed by atoms with Gasteiger partial charge in [0.05, 0.1) is 0 Å². The van der Waals surface area contributed by atoms with Crippen LogP contribution >= 0.6 is 0 Å². The molecule has 0 aliphatic heterocycles. The number of nitrogens with zero attached hydrogens (tertiary/aromatic N) is 1. The third kappa shape index (κ3) is 3.24. The Morgan fingerprint density at radius 3 is 2.81 bits per heavy atom. The van der Waals surface area contributed by atoms with Crippen LogP contribution in [0.15, 0.2) is 24.3 Å². The molecule has 0 bridgehead atoms. The van der Waals surface area contributed by atoms with Crippen LogP contribution in [0.4, 0.5) is 10.5 Å². The predicted molar refractivity (Wildman–Crippen MR) is 66.5 cm³/mol. The lowest BCUT2D eigenvalue weighted by molar-refractivity contribution is 0.209. The number of hydrogen-bond donors (Lipinski definition) is 2. The van der Waals surface area contributed by atoms with Gasteiger partial charge in [-0.3, -0.25) is 0 Å². The molecule has 0 spiro atoms. The molecule has 2 amide bonds. The van der Waals surface area contributed by atoms with Crippen molar-refractivity contribution < 1.29 is 4.79 Å². The summed E-state index contributed by atoms with van der Waals surface area (Å²) in [6, 6.07) is 7.59. The summed E-state index contributed by atoms with van der Waals surface area (Å²) in [7, 11) is 1.74. The number of nitrogens with two attached hydrogens (primary N) is 1. The average Bonchev–Trinajstić information content (AvgIpc) is 2.27. The molecule has 0 saturated heterocycles. The van der Waals surface area contributed by atoms with Gasteiger partial charge in [0.1, 0.15) is 0 Å². The summed E-state index contributed by atoms with van der Waals surface area (Å²) in [6.45, 7) is 4.36. The Morgan fingerprint density at radius 1 is 1.56 bits per heavy atom. The second kappa shape index (κ2) is 5.51. The first kappa shape index (κ1) is 12.5. The van der Waals surface area contributed by atoms with E-state index in [1.165, 1.54) is 0 Å². The molecule has 1 rings (SSSR count). The molecule has 1 unspecified atom stereocenters. The Kier molecular flexibility index (Phi) is 4.31. The summed E-state index contributed by atoms with van der Waals surface area (Å²) in [5.41, 5.74) is 7.43. The second-order valence-electron chi connectivity index (χ2n) is 4.00. The fourth-order valence-corrected chi connectivity index (χ4v) is 1.29. The van der Waals surface area contributed by atoms with Crippen LogP contribution in [0, 0.1) is 6.92 Å². The molecule has 0 aliphatic carbocycles. The molecule has 16 heavy (non-hydrogen) atoms. The number of amides is 2. The van der Waals surface area contributed by atoms with Gasteiger partial charge in [-0.2, -0.15) is 0 Å². The van der Waals surface area contributed by atoms with Gasteiger partial charge in [0.15, 0.2) is 0 Å². The van der Waals surface area contributed by atoms with E-state index in [2.05, 4.69) is 5.32 Å². The topological polar surface area (TPSA) is 58.4 Å². The van der Waals surface area contributed by atoms with Gasteiger partial charge in [0, 0.05) is 25.3 Å². The Labute approximate surface area is 96.4 Å². The number of carbonyl (C=O) groups excluding carboxylic acids is 1. The maximum atomic E-state index is 11.8. The fourth-order valence-electron chi connectivity index (χ4n) is 1.29. The van der Waals surface area contributed by atoms with Crippen LogP contribution in [0.2, 0.25) is 0 Å². The van der Waals surface area contributed by atoms with Gasteiger partial charge in [-0.15, -0.1) is 0 Å². The Balaban J connectivity index is 2.64. The van der Waals surface area contributed by atoms with Crippen LogP contribution < -0.4 is 11.1 Å². The zero-order valence-corrected chi connectivity index (χ0v) is 10.0. The quantitative estimate of drug-likeness (QED) is 0.817. The van der Waals surface area contributed by atoms with Gasteiger partial charge in [-0.05, 0) is 31.5 Å². The molecule has 88 valence electrons. The Morgan fingerprint density at radius 2 is 2.25 bits per heavy atom. The average molecular weight is 221 g/mol. The van der Waals surface area contributed by atoms with Crippen LogP contribution in [0.25, 0.3) is 0 Å². The first-order valence-electron chi connectivity index (χ1n) is 5.35. The summed E-state index contributed by atoms with van der Waals surface area (Å²) in [5.74, 6) is 0. The smallest absolute Gasteiger partial charge is 0.321 e. The first-order valence-corrected chi connectivity index (χ1v) is 5.35. The summed E-state index contributed by atoms with van der Waals surface area (Å²) in [6.07, 6.45) is 0. The largest absolute Gasteiger partial charge is 0.328 e. The number of urea groups is 1. The van der Waals surface area contributed by atoms with Gasteiger partial charge in [0.25, 0.3) is 0 Å². The van der Waals surface area contributed by atoms with Crippen molar-refractivity contribution in [3.05, 3.63) is 29.8 Å². The predicted octanol–water partition coefficient (Wildman–Crippen LogP) is 1.81. The number of hydrogen-bond acceptors (Lipinski definition) is 2. The van der Waals surface area contributed by atoms with Crippen molar-refractivity contribution in [3.63, 3.8) is 0 Å². The van der Waals surface area contributed by atoms with E-state index in [4.69, 9.17) is 5.73 Å². The molecule has 1 aromatic rings. The Bertz CT molecular complexity index is 365. The van der Waals surface area contributed by atoms with E-state index < -0.39 is 0 Å². The van der Waals surface area contributed by atoms with Crippen molar-refractivity contribution >= 4 is 11.7 Å². The minimum Gasteiger partial charge on any atom is -0.328 e. The summed E-state index contributed by atoms with van der Waals surface area (Å²) in [4.78, 5) is 13.4. The maximum Gasteiger partial charge on any atom is 0.321 e. The van der Waals surface area contributed by atoms with Gasteiger partial charge >= 0.3 is 6.03 Å². The van der Waals surface area contributed by atoms with Gasteiger partial charge in [-0.25, -0.2) is 4.79 Å². The molecule has 0 radical (unpaired) electrons. The van der Waals surface area contributed by atoms with Crippen LogP contribution in [0.3, 0.4) is 0 Å². The number of nitrogens with one attached hydrogen (secondary N) is 1. The van der Waals surface area contributed by atoms with Crippen LogP contribution in [0.1, 0.15) is 12.5 Å². The van der Waals surface area contributed by atoms with E-state index in [-0.39, 0.29) is 12.1 Å². The van der Waals surface area contributed by atoms with Crippen LogP contribution in [-0.4, -0.2) is 30.6 Å². The van der Waals surface area contributed by atoms with Crippen molar-refractivity contribution in [2.24, 2.45) is 5.73 Å². The van der Waals surface area contributed by atoms with Crippen LogP contribution in [0.5, 0.6) is 0 Å². The molecular weight excluding hydrogens is 202 g/mol. The van der Waals surface area contributed by atoms with E-state index in [0.29, 0.717) is 6.54 Å². The second-order valence-corrected chi connectivity index (χ2v) is 4.00. The lowest BCUT2D eigenvalue weighted by atomic mass is 10.2. The fraction of sp³-hybridized carbons (Fsp3) is 0.417. The summed E-state index contributed by atoms with van der Waals surface area (Å²) >= 11 is 0. The van der Waals surface area contributed by atoms with Crippen LogP contribution in [-0.2, 0) is 0 Å². The monoisotopic (exact) mass is 221 g/mol. The highest BCUT2D eigenvalue weighted by Crippen LogP contribution is 2.10. The zero-order valence-electron chi connectivity index (χ0n) is 10.0. The number of aryl methyl sites for hydroxylation is 1. The molecule has 4 nitrogen and oxygen atoms in total. The lowest BCUT2D eigenvalue weighted by Crippen LogP contribution is -2.42. The normalized spacial score (nSPS) is 12.0. The molecular formula is C12H19N3O. The molecule has 4 heteroatoms. The standard InChI is InChI=1S/C12H19N3O/c1-9-5-4-6-11(7-9)14-12(16)15(3)10(2)8-13/h4-7,10H,8,13H2,1-3H3,(H,14,16). The Hall–Kier alpha value is -1.55. The molecule has 0 fully saturated rings. The van der Waals surface area contributed by atoms with Gasteiger partial charge in [-0.1, -0.05) is 12.1 Å². The zero-order chi connectivity index (χ0) is 12.1. The summed E-state index contributed by atoms with van der Waals surface area (Å²) < 4.78 is 0. The van der Waals surface area contributed by atoms with E-state index in [9.17, 15) is 4.79 Å². The number of carbonyl (C=O) groups is 1. The summed E-state index contributed by atoms with van der Waals surface area (Å²) in [5, 5.41) is 2.83. The minimum atomic E-state index is -0.136. The van der Waals surface area contributed by atoms with E-state index >= 15 is 0 Å². The maximum absolute atomic E-state index is 11.8. The minimum absolute atomic E-state index is 0.0322. The molecule has 0 aliphatic rings. The van der Waals surface area contributed by atoms with E-state index in [1.54, 1.807) is 11.9 Å². The number of anilines is 1. The highest BCUT2D eigenvalue weighted by molar-refractivity contribution is 5.89. The van der Waals surface area contributed by atoms with Crippen molar-refractivity contribution in [2.75, 3.05) is 18.9 Å². The molecule has 0 saturated carbocycles. The molecule has 3 N–H and O–H groups in total. The van der Waals surface area contributed by atoms with Crippen molar-refractivity contribution in [3.8, 4) is 0 Å². The number of benzene rings is 1. The van der Waals surface area contributed by atoms with Crippen molar-refractivity contribution in [1.82, 2.24) is 4.90 Å². The molecule has 0 heterocycles. The molecule has 0 aromatic heterocycles. The molecule has 1 atom stereocenters. The molecule has 1 aromatic carbocycles. The number of rotatable bonds is 3. The first-order chi connectivity index (χ1) is 7.54. The SMILES string of the molecule is Cc1cccc(NC(=O)N(C)C(C)CN)c1. The van der Waals surface area contributed by atoms with E-state index in [0.717, 1.165) is 11.3 Å². The highest BCUT2D eigenvalue weighted by atomic mass is 16.2. The van der Waals surface area contributed by atoms with Gasteiger partial charge in [0.2, 0.25) is 0 Å². The third-order valence-corrected chi connectivity index (χ3v) is 2.59. The van der Waals surface area contributed by atoms with Crippen molar-refractivity contribution in [2.45, 2.75) is 19.9 Å². The third-order valence-electron chi connectivity index (χ3n) is 2.59. The lowest BCUT2D eigenvalue weighted by Gasteiger charge is -2.23. The van der Waals surface area contributed by atoms with Crippen molar-refractivity contribution in [1.29, 1.82) is 0 Å². The highest BCUT2D eigenvalue weighted by Gasteiger charge is 2.13. The number of likely N-dealkylation sites (N-methyl/N-ethyl adjacent to an activating group) is 1. The van der Waals surface area contributed by atoms with Gasteiger partial charge < -0.3 is 16.0 Å².